The van der Waals surface area contributed by atoms with Crippen molar-refractivity contribution in [3.05, 3.63) is 46.9 Å². The first-order valence-corrected chi connectivity index (χ1v) is 13.2. The number of nitrogens with zero attached hydrogens (tertiary/aromatic N) is 1. The van der Waals surface area contributed by atoms with Gasteiger partial charge in [-0.1, -0.05) is 6.07 Å². The van der Waals surface area contributed by atoms with E-state index >= 15 is 0 Å². The highest BCUT2D eigenvalue weighted by atomic mass is 32.2. The summed E-state index contributed by atoms with van der Waals surface area (Å²) in [4.78, 5) is 17.0. The topological polar surface area (TPSA) is 146 Å². The summed E-state index contributed by atoms with van der Waals surface area (Å²) in [7, 11) is -0.652. The van der Waals surface area contributed by atoms with Crippen LogP contribution in [0.4, 0.5) is 0 Å². The lowest BCUT2D eigenvalue weighted by atomic mass is 9.98. The van der Waals surface area contributed by atoms with Crippen molar-refractivity contribution in [2.45, 2.75) is 23.8 Å². The highest BCUT2D eigenvalue weighted by Crippen LogP contribution is 2.32. The molecule has 4 rings (SSSR count). The Labute approximate surface area is 209 Å². The van der Waals surface area contributed by atoms with Gasteiger partial charge in [0.1, 0.15) is 24.0 Å². The van der Waals surface area contributed by atoms with Crippen LogP contribution in [0.3, 0.4) is 0 Å². The molecule has 1 aliphatic rings. The second-order valence-electron chi connectivity index (χ2n) is 8.75. The minimum absolute atomic E-state index is 0.0708. The maximum Gasteiger partial charge on any atom is 0.323 e. The molecule has 0 saturated carbocycles. The van der Waals surface area contributed by atoms with Crippen molar-refractivity contribution in [2.75, 3.05) is 47.0 Å². The molecule has 2 aromatic carbocycles. The summed E-state index contributed by atoms with van der Waals surface area (Å²) in [5.74, 6) is 1.64. The van der Waals surface area contributed by atoms with Gasteiger partial charge in [0.2, 0.25) is 10.0 Å². The summed E-state index contributed by atoms with van der Waals surface area (Å²) in [6.45, 7) is 1.92. The molecule has 3 aromatic rings. The number of benzene rings is 2. The number of imidazole rings is 1. The van der Waals surface area contributed by atoms with Gasteiger partial charge in [-0.15, -0.1) is 0 Å². The number of aliphatic hydroxyl groups is 1. The molecule has 1 aromatic heterocycles. The first-order chi connectivity index (χ1) is 17.3. The first kappa shape index (κ1) is 26.0. The number of rotatable bonds is 11. The van der Waals surface area contributed by atoms with Crippen molar-refractivity contribution >= 4 is 21.1 Å². The molecule has 196 valence electrons. The van der Waals surface area contributed by atoms with Crippen LogP contribution >= 0.6 is 0 Å². The minimum Gasteiger partial charge on any atom is -0.493 e. The lowest BCUT2D eigenvalue weighted by Gasteiger charge is -2.31. The standard InChI is InChI=1S/C24H32N4O7S/c1-33-20-7-6-18(12-22(20)34-2)36(31,32)28-10-8-16(9-11-28)13-25-14-17(29)15-35-21-5-3-4-19-23(21)27-24(30)26-19/h3-7,12,16-17,25,29H,8-11,13-15H2,1-2H3,(H2,26,27,30)/t17-/m0/s1. The van der Waals surface area contributed by atoms with E-state index in [4.69, 9.17) is 14.2 Å². The van der Waals surface area contributed by atoms with Crippen molar-refractivity contribution in [1.82, 2.24) is 19.6 Å². The average molecular weight is 521 g/mol. The van der Waals surface area contributed by atoms with Gasteiger partial charge >= 0.3 is 5.69 Å². The summed E-state index contributed by atoms with van der Waals surface area (Å²) in [5, 5.41) is 13.6. The molecule has 4 N–H and O–H groups in total. The molecule has 1 atom stereocenters. The zero-order valence-electron chi connectivity index (χ0n) is 20.3. The molecule has 0 bridgehead atoms. The van der Waals surface area contributed by atoms with E-state index in [0.717, 1.165) is 12.8 Å². The Bertz CT molecular complexity index is 1330. The predicted octanol–water partition coefficient (Wildman–Crippen LogP) is 1.30. The number of aromatic nitrogens is 2. The Morgan fingerprint density at radius 1 is 1.08 bits per heavy atom. The number of H-pyrrole nitrogens is 2. The van der Waals surface area contributed by atoms with Gasteiger partial charge in [-0.2, -0.15) is 4.31 Å². The van der Waals surface area contributed by atoms with Gasteiger partial charge in [0.05, 0.1) is 24.6 Å². The zero-order valence-corrected chi connectivity index (χ0v) is 21.1. The minimum atomic E-state index is -3.63. The zero-order chi connectivity index (χ0) is 25.7. The third-order valence-corrected chi connectivity index (χ3v) is 8.22. The van der Waals surface area contributed by atoms with Crippen LogP contribution < -0.4 is 25.2 Å². The maximum absolute atomic E-state index is 13.1. The van der Waals surface area contributed by atoms with E-state index < -0.39 is 16.1 Å². The number of hydrogen-bond acceptors (Lipinski definition) is 8. The fourth-order valence-corrected chi connectivity index (χ4v) is 5.82. The quantitative estimate of drug-likeness (QED) is 0.296. The number of methoxy groups -OCH3 is 2. The molecule has 2 heterocycles. The number of nitrogens with one attached hydrogen (secondary N) is 3. The van der Waals surface area contributed by atoms with E-state index in [9.17, 15) is 18.3 Å². The van der Waals surface area contributed by atoms with E-state index in [1.165, 1.54) is 30.7 Å². The Morgan fingerprint density at radius 3 is 2.56 bits per heavy atom. The van der Waals surface area contributed by atoms with Crippen LogP contribution in [0.25, 0.3) is 11.0 Å². The Hall–Kier alpha value is -3.06. The molecule has 12 heteroatoms. The number of aliphatic hydroxyl groups excluding tert-OH is 1. The molecule has 1 fully saturated rings. The molecule has 0 spiro atoms. The van der Waals surface area contributed by atoms with E-state index in [2.05, 4.69) is 15.3 Å². The Balaban J connectivity index is 1.22. The van der Waals surface area contributed by atoms with Crippen molar-refractivity contribution in [3.63, 3.8) is 0 Å². The van der Waals surface area contributed by atoms with Crippen LogP contribution in [-0.4, -0.2) is 80.9 Å². The number of sulfonamides is 1. The van der Waals surface area contributed by atoms with Crippen molar-refractivity contribution < 1.29 is 27.7 Å². The van der Waals surface area contributed by atoms with Crippen LogP contribution in [0.15, 0.2) is 46.1 Å². The summed E-state index contributed by atoms with van der Waals surface area (Å²) in [5.41, 5.74) is 0.896. The maximum atomic E-state index is 13.1. The van der Waals surface area contributed by atoms with Gasteiger partial charge in [0.15, 0.2) is 11.5 Å². The van der Waals surface area contributed by atoms with Crippen LogP contribution in [0.2, 0.25) is 0 Å². The van der Waals surface area contributed by atoms with Gasteiger partial charge in [-0.3, -0.25) is 0 Å². The first-order valence-electron chi connectivity index (χ1n) is 11.8. The number of piperidine rings is 1. The van der Waals surface area contributed by atoms with E-state index in [1.54, 1.807) is 24.3 Å². The lowest BCUT2D eigenvalue weighted by molar-refractivity contribution is 0.105. The van der Waals surface area contributed by atoms with Crippen molar-refractivity contribution in [1.29, 1.82) is 0 Å². The molecule has 11 nitrogen and oxygen atoms in total. The van der Waals surface area contributed by atoms with Crippen LogP contribution in [0.1, 0.15) is 12.8 Å². The van der Waals surface area contributed by atoms with Crippen LogP contribution in [-0.2, 0) is 10.0 Å². The van der Waals surface area contributed by atoms with Gasteiger partial charge < -0.3 is 34.6 Å². The second kappa shape index (κ2) is 11.3. The summed E-state index contributed by atoms with van der Waals surface area (Å²) in [6, 6.07) is 9.87. The fourth-order valence-electron chi connectivity index (χ4n) is 4.33. The fraction of sp³-hybridized carbons (Fsp3) is 0.458. The van der Waals surface area contributed by atoms with Gasteiger partial charge in [-0.05, 0) is 49.6 Å². The number of fused-ring (bicyclic) bond motifs is 1. The summed E-state index contributed by atoms with van der Waals surface area (Å²) in [6.07, 6.45) is 0.695. The number of ether oxygens (including phenoxy) is 3. The third-order valence-electron chi connectivity index (χ3n) is 6.32. The molecule has 1 saturated heterocycles. The predicted molar refractivity (Wildman–Crippen MR) is 134 cm³/mol. The van der Waals surface area contributed by atoms with Gasteiger partial charge in [-0.25, -0.2) is 13.2 Å². The molecule has 0 aliphatic carbocycles. The monoisotopic (exact) mass is 520 g/mol. The Kier molecular flexibility index (Phi) is 8.19. The van der Waals surface area contributed by atoms with E-state index in [0.29, 0.717) is 60.4 Å². The van der Waals surface area contributed by atoms with Crippen molar-refractivity contribution in [3.8, 4) is 17.2 Å². The summed E-state index contributed by atoms with van der Waals surface area (Å²) >= 11 is 0. The van der Waals surface area contributed by atoms with Gasteiger partial charge in [0.25, 0.3) is 0 Å². The van der Waals surface area contributed by atoms with E-state index in [-0.39, 0.29) is 17.2 Å². The number of para-hydroxylation sites is 1. The Morgan fingerprint density at radius 2 is 1.83 bits per heavy atom. The number of hydrogen-bond donors (Lipinski definition) is 4. The molecular formula is C24H32N4O7S. The van der Waals surface area contributed by atoms with Crippen LogP contribution in [0.5, 0.6) is 17.2 Å². The highest BCUT2D eigenvalue weighted by molar-refractivity contribution is 7.89. The van der Waals surface area contributed by atoms with E-state index in [1.807, 2.05) is 0 Å². The van der Waals surface area contributed by atoms with Gasteiger partial charge in [0, 0.05) is 25.7 Å². The second-order valence-corrected chi connectivity index (χ2v) is 10.7. The molecule has 0 unspecified atom stereocenters. The average Bonchev–Trinajstić information content (AvgIpc) is 3.28. The van der Waals surface area contributed by atoms with Crippen molar-refractivity contribution in [2.24, 2.45) is 5.92 Å². The summed E-state index contributed by atoms with van der Waals surface area (Å²) < 4.78 is 43.8. The molecule has 1 aliphatic heterocycles. The molecule has 0 amide bonds. The lowest BCUT2D eigenvalue weighted by Crippen LogP contribution is -2.42. The SMILES string of the molecule is COc1ccc(S(=O)(=O)N2CCC(CNC[C@H](O)COc3cccc4[nH]c(=O)[nH]c34)CC2)cc1OC. The van der Waals surface area contributed by atoms with Crippen LogP contribution in [0, 0.1) is 5.92 Å². The number of aromatic amines is 2. The molecule has 0 radical (unpaired) electrons. The largest absolute Gasteiger partial charge is 0.493 e. The molecular weight excluding hydrogens is 488 g/mol. The molecule has 36 heavy (non-hydrogen) atoms. The third kappa shape index (κ3) is 5.84. The highest BCUT2D eigenvalue weighted by Gasteiger charge is 2.30. The smallest absolute Gasteiger partial charge is 0.323 e. The normalized spacial score (nSPS) is 16.2.